The Kier molecular flexibility index (Phi) is 3.92. The zero-order valence-electron chi connectivity index (χ0n) is 11.1. The second-order valence-electron chi connectivity index (χ2n) is 5.37. The molecule has 1 unspecified atom stereocenters. The highest BCUT2D eigenvalue weighted by Crippen LogP contribution is 2.38. The Bertz CT molecular complexity index is 272. The lowest BCUT2D eigenvalue weighted by Crippen LogP contribution is -2.60. The van der Waals surface area contributed by atoms with Gasteiger partial charge in [0.15, 0.2) is 0 Å². The lowest BCUT2D eigenvalue weighted by atomic mass is 9.70. The van der Waals surface area contributed by atoms with E-state index in [1.165, 1.54) is 19.3 Å². The highest BCUT2D eigenvalue weighted by atomic mass is 16.2. The number of carbonyl (C=O) groups excluding carboxylic acids is 1. The largest absolute Gasteiger partial charge is 0.335 e. The van der Waals surface area contributed by atoms with Gasteiger partial charge in [-0.2, -0.15) is 0 Å². The Morgan fingerprint density at radius 2 is 2.12 bits per heavy atom. The van der Waals surface area contributed by atoms with Crippen molar-refractivity contribution in [3.8, 4) is 0 Å². The predicted molar refractivity (Wildman–Crippen MR) is 69.1 cm³/mol. The molecule has 2 aliphatic rings. The molecule has 0 aromatic heterocycles. The molecule has 1 saturated heterocycles. The van der Waals surface area contributed by atoms with Crippen molar-refractivity contribution in [3.63, 3.8) is 0 Å². The third kappa shape index (κ3) is 2.73. The van der Waals surface area contributed by atoms with E-state index in [0.717, 1.165) is 32.5 Å². The summed E-state index contributed by atoms with van der Waals surface area (Å²) < 4.78 is 0. The SMILES string of the molecule is CCN(CC)C(=O)NC1CCNC2(CCC2)C1. The topological polar surface area (TPSA) is 44.4 Å². The van der Waals surface area contributed by atoms with Crippen LogP contribution in [0.1, 0.15) is 46.0 Å². The van der Waals surface area contributed by atoms with Crippen molar-refractivity contribution in [2.75, 3.05) is 19.6 Å². The fourth-order valence-corrected chi connectivity index (χ4v) is 3.04. The molecule has 2 rings (SSSR count). The molecule has 1 aliphatic carbocycles. The van der Waals surface area contributed by atoms with E-state index in [2.05, 4.69) is 10.6 Å². The molecule has 1 atom stereocenters. The van der Waals surface area contributed by atoms with E-state index in [9.17, 15) is 4.79 Å². The molecule has 1 saturated carbocycles. The molecule has 2 amide bonds. The first-order chi connectivity index (χ1) is 8.19. The third-order valence-electron chi connectivity index (χ3n) is 4.32. The average Bonchev–Trinajstić information content (AvgIpc) is 2.29. The Balaban J connectivity index is 1.84. The van der Waals surface area contributed by atoms with Crippen LogP contribution in [0, 0.1) is 0 Å². The van der Waals surface area contributed by atoms with Gasteiger partial charge in [0.25, 0.3) is 0 Å². The number of amides is 2. The maximum absolute atomic E-state index is 12.0. The molecule has 0 aromatic rings. The summed E-state index contributed by atoms with van der Waals surface area (Å²) in [6.07, 6.45) is 6.08. The molecular weight excluding hydrogens is 214 g/mol. The number of carbonyl (C=O) groups is 1. The molecule has 17 heavy (non-hydrogen) atoms. The molecule has 4 nitrogen and oxygen atoms in total. The van der Waals surface area contributed by atoms with Gasteiger partial charge in [0.05, 0.1) is 0 Å². The minimum Gasteiger partial charge on any atom is -0.335 e. The van der Waals surface area contributed by atoms with Crippen molar-refractivity contribution < 1.29 is 4.79 Å². The van der Waals surface area contributed by atoms with Gasteiger partial charge in [-0.05, 0) is 52.5 Å². The van der Waals surface area contributed by atoms with Gasteiger partial charge >= 0.3 is 6.03 Å². The number of hydrogen-bond donors (Lipinski definition) is 2. The minimum atomic E-state index is 0.108. The van der Waals surface area contributed by atoms with Crippen molar-refractivity contribution in [2.24, 2.45) is 0 Å². The molecule has 2 fully saturated rings. The second-order valence-corrected chi connectivity index (χ2v) is 5.37. The van der Waals surface area contributed by atoms with Crippen LogP contribution in [0.5, 0.6) is 0 Å². The van der Waals surface area contributed by atoms with Crippen LogP contribution >= 0.6 is 0 Å². The average molecular weight is 239 g/mol. The van der Waals surface area contributed by atoms with E-state index < -0.39 is 0 Å². The van der Waals surface area contributed by atoms with Gasteiger partial charge in [-0.25, -0.2) is 4.79 Å². The van der Waals surface area contributed by atoms with Crippen LogP contribution in [-0.4, -0.2) is 42.1 Å². The first kappa shape index (κ1) is 12.7. The van der Waals surface area contributed by atoms with E-state index in [-0.39, 0.29) is 6.03 Å². The fraction of sp³-hybridized carbons (Fsp3) is 0.923. The highest BCUT2D eigenvalue weighted by molar-refractivity contribution is 5.74. The van der Waals surface area contributed by atoms with Gasteiger partial charge in [-0.15, -0.1) is 0 Å². The summed E-state index contributed by atoms with van der Waals surface area (Å²) in [5.74, 6) is 0. The van der Waals surface area contributed by atoms with Crippen molar-refractivity contribution >= 4 is 6.03 Å². The van der Waals surface area contributed by atoms with Crippen LogP contribution in [0.2, 0.25) is 0 Å². The minimum absolute atomic E-state index is 0.108. The molecule has 0 aromatic carbocycles. The van der Waals surface area contributed by atoms with E-state index in [0.29, 0.717) is 11.6 Å². The first-order valence-corrected chi connectivity index (χ1v) is 6.99. The summed E-state index contributed by atoms with van der Waals surface area (Å²) in [5.41, 5.74) is 0.361. The van der Waals surface area contributed by atoms with Crippen LogP contribution < -0.4 is 10.6 Å². The Labute approximate surface area is 104 Å². The number of urea groups is 1. The van der Waals surface area contributed by atoms with Crippen molar-refractivity contribution in [3.05, 3.63) is 0 Å². The molecule has 0 bridgehead atoms. The van der Waals surface area contributed by atoms with Crippen LogP contribution in [0.15, 0.2) is 0 Å². The van der Waals surface area contributed by atoms with Crippen molar-refractivity contribution in [2.45, 2.75) is 57.5 Å². The second kappa shape index (κ2) is 5.25. The predicted octanol–water partition coefficient (Wildman–Crippen LogP) is 1.71. The first-order valence-electron chi connectivity index (χ1n) is 6.99. The summed E-state index contributed by atoms with van der Waals surface area (Å²) in [7, 11) is 0. The van der Waals surface area contributed by atoms with E-state index in [1.807, 2.05) is 18.7 Å². The monoisotopic (exact) mass is 239 g/mol. The fourth-order valence-electron chi connectivity index (χ4n) is 3.04. The molecule has 1 aliphatic heterocycles. The maximum Gasteiger partial charge on any atom is 0.317 e. The van der Waals surface area contributed by atoms with Gasteiger partial charge in [0.2, 0.25) is 0 Å². The Morgan fingerprint density at radius 1 is 1.41 bits per heavy atom. The van der Waals surface area contributed by atoms with Gasteiger partial charge in [-0.3, -0.25) is 0 Å². The van der Waals surface area contributed by atoms with Crippen molar-refractivity contribution in [1.29, 1.82) is 0 Å². The molecule has 98 valence electrons. The Hall–Kier alpha value is -0.770. The molecule has 1 heterocycles. The lowest BCUT2D eigenvalue weighted by Gasteiger charge is -2.48. The lowest BCUT2D eigenvalue weighted by molar-refractivity contribution is 0.117. The molecule has 0 radical (unpaired) electrons. The normalized spacial score (nSPS) is 26.4. The van der Waals surface area contributed by atoms with E-state index >= 15 is 0 Å². The Morgan fingerprint density at radius 3 is 2.65 bits per heavy atom. The smallest absolute Gasteiger partial charge is 0.317 e. The summed E-state index contributed by atoms with van der Waals surface area (Å²) in [5, 5.41) is 6.82. The quantitative estimate of drug-likeness (QED) is 0.787. The number of piperidine rings is 1. The number of rotatable bonds is 3. The molecular formula is C13H25N3O. The van der Waals surface area contributed by atoms with Crippen LogP contribution in [0.3, 0.4) is 0 Å². The molecule has 1 spiro atoms. The van der Waals surface area contributed by atoms with Gasteiger partial charge in [0, 0.05) is 24.7 Å². The zero-order valence-corrected chi connectivity index (χ0v) is 11.1. The number of hydrogen-bond acceptors (Lipinski definition) is 2. The summed E-state index contributed by atoms with van der Waals surface area (Å²) in [6.45, 7) is 6.68. The van der Waals surface area contributed by atoms with Gasteiger partial charge < -0.3 is 15.5 Å². The van der Waals surface area contributed by atoms with Crippen LogP contribution in [-0.2, 0) is 0 Å². The van der Waals surface area contributed by atoms with Gasteiger partial charge in [-0.1, -0.05) is 0 Å². The standard InChI is InChI=1S/C13H25N3O/c1-3-16(4-2)12(17)15-11-6-9-14-13(10-11)7-5-8-13/h11,14H,3-10H2,1-2H3,(H,15,17). The molecule has 4 heteroatoms. The molecule has 2 N–H and O–H groups in total. The van der Waals surface area contributed by atoms with E-state index in [4.69, 9.17) is 0 Å². The third-order valence-corrected chi connectivity index (χ3v) is 4.32. The van der Waals surface area contributed by atoms with E-state index in [1.54, 1.807) is 0 Å². The van der Waals surface area contributed by atoms with Crippen LogP contribution in [0.25, 0.3) is 0 Å². The number of nitrogens with one attached hydrogen (secondary N) is 2. The van der Waals surface area contributed by atoms with Gasteiger partial charge in [0.1, 0.15) is 0 Å². The summed E-state index contributed by atoms with van der Waals surface area (Å²) >= 11 is 0. The highest BCUT2D eigenvalue weighted by Gasteiger charge is 2.41. The summed E-state index contributed by atoms with van der Waals surface area (Å²) in [6, 6.07) is 0.473. The van der Waals surface area contributed by atoms with Crippen molar-refractivity contribution in [1.82, 2.24) is 15.5 Å². The maximum atomic E-state index is 12.0. The number of nitrogens with zero attached hydrogens (tertiary/aromatic N) is 1. The van der Waals surface area contributed by atoms with Crippen LogP contribution in [0.4, 0.5) is 4.79 Å². The zero-order chi connectivity index (χ0) is 12.3. The summed E-state index contributed by atoms with van der Waals surface area (Å²) in [4.78, 5) is 13.8.